The van der Waals surface area contributed by atoms with Crippen LogP contribution in [0.3, 0.4) is 0 Å². The van der Waals surface area contributed by atoms with Gasteiger partial charge in [-0.05, 0) is 142 Å². The summed E-state index contributed by atoms with van der Waals surface area (Å²) in [6, 6.07) is 75.6. The predicted octanol–water partition coefficient (Wildman–Crippen LogP) is 15.6. The first-order valence-corrected chi connectivity index (χ1v) is 20.1. The molecule has 56 heavy (non-hydrogen) atoms. The van der Waals surface area contributed by atoms with Crippen LogP contribution in [0.1, 0.15) is 54.2 Å². The molecular weight excluding hydrogens is 675 g/mol. The smallest absolute Gasteiger partial charge is 0.0491 e. The molecule has 0 heterocycles. The van der Waals surface area contributed by atoms with Gasteiger partial charge in [-0.1, -0.05) is 170 Å². The Bertz CT molecular complexity index is 2500. The SMILES string of the molecule is Cc1cc(-c2ccccc2)ccc1N(c1ccc(-c2ccccc2)cc1)c1ccc(-c2ccccc2)c(-c2ccc(C3CCC(c4ccccc4)CC3)cc2)c1. The van der Waals surface area contributed by atoms with Crippen molar-refractivity contribution in [2.45, 2.75) is 44.4 Å². The number of benzene rings is 8. The molecule has 8 aromatic carbocycles. The Morgan fingerprint density at radius 2 is 0.768 bits per heavy atom. The monoisotopic (exact) mass is 721 g/mol. The van der Waals surface area contributed by atoms with Gasteiger partial charge in [0, 0.05) is 17.1 Å². The van der Waals surface area contributed by atoms with Gasteiger partial charge in [0.1, 0.15) is 0 Å². The van der Waals surface area contributed by atoms with Crippen LogP contribution in [0.25, 0.3) is 44.5 Å². The van der Waals surface area contributed by atoms with Crippen molar-refractivity contribution in [2.75, 3.05) is 4.90 Å². The molecule has 0 spiro atoms. The average Bonchev–Trinajstić information content (AvgIpc) is 3.28. The van der Waals surface area contributed by atoms with E-state index >= 15 is 0 Å². The highest BCUT2D eigenvalue weighted by atomic mass is 15.1. The summed E-state index contributed by atoms with van der Waals surface area (Å²) in [6.45, 7) is 2.23. The Hall–Kier alpha value is -6.44. The fourth-order valence-corrected chi connectivity index (χ4v) is 8.78. The molecule has 272 valence electrons. The zero-order valence-electron chi connectivity index (χ0n) is 32.1. The van der Waals surface area contributed by atoms with Crippen LogP contribution >= 0.6 is 0 Å². The molecular formula is C55H47N. The van der Waals surface area contributed by atoms with Crippen molar-refractivity contribution in [3.8, 4) is 44.5 Å². The van der Waals surface area contributed by atoms with Crippen molar-refractivity contribution in [3.63, 3.8) is 0 Å². The normalized spacial score (nSPS) is 15.3. The van der Waals surface area contributed by atoms with Crippen molar-refractivity contribution in [1.82, 2.24) is 0 Å². The van der Waals surface area contributed by atoms with Gasteiger partial charge in [-0.3, -0.25) is 0 Å². The summed E-state index contributed by atoms with van der Waals surface area (Å²) >= 11 is 0. The standard InChI is InChI=1S/C55H47N/c1-40-38-50(43-18-10-4-11-19-43)32-37-55(40)56(51-33-30-47(31-34-51)42-16-8-3-9-17-42)52-35-36-53(48-20-12-5-13-21-48)54(39-52)49-28-26-46(27-29-49)45-24-22-44(23-25-45)41-14-6-2-7-15-41/h2-21,26-39,44-45H,22-25H2,1H3. The number of hydrogen-bond donors (Lipinski definition) is 0. The van der Waals surface area contributed by atoms with Crippen LogP contribution in [0, 0.1) is 6.92 Å². The molecule has 0 amide bonds. The molecule has 0 aliphatic heterocycles. The van der Waals surface area contributed by atoms with E-state index in [4.69, 9.17) is 0 Å². The molecule has 1 aliphatic carbocycles. The van der Waals surface area contributed by atoms with Gasteiger partial charge in [0.05, 0.1) is 0 Å². The molecule has 1 aliphatic rings. The third-order valence-electron chi connectivity index (χ3n) is 11.8. The van der Waals surface area contributed by atoms with Gasteiger partial charge >= 0.3 is 0 Å². The number of aryl methyl sites for hydroxylation is 1. The first-order valence-electron chi connectivity index (χ1n) is 20.1. The van der Waals surface area contributed by atoms with Gasteiger partial charge in [0.15, 0.2) is 0 Å². The molecule has 9 rings (SSSR count). The Morgan fingerprint density at radius 3 is 1.34 bits per heavy atom. The lowest BCUT2D eigenvalue weighted by atomic mass is 9.76. The van der Waals surface area contributed by atoms with Crippen molar-refractivity contribution in [3.05, 3.63) is 223 Å². The van der Waals surface area contributed by atoms with Crippen molar-refractivity contribution in [1.29, 1.82) is 0 Å². The summed E-state index contributed by atoms with van der Waals surface area (Å²) in [5.74, 6) is 1.29. The molecule has 0 saturated heterocycles. The van der Waals surface area contributed by atoms with E-state index in [0.29, 0.717) is 11.8 Å². The number of hydrogen-bond acceptors (Lipinski definition) is 1. The zero-order valence-corrected chi connectivity index (χ0v) is 32.1. The summed E-state index contributed by atoms with van der Waals surface area (Å²) in [6.07, 6.45) is 4.99. The highest BCUT2D eigenvalue weighted by Gasteiger charge is 2.24. The molecule has 0 atom stereocenters. The van der Waals surface area contributed by atoms with Crippen LogP contribution in [0.15, 0.2) is 206 Å². The van der Waals surface area contributed by atoms with Crippen LogP contribution in [-0.4, -0.2) is 0 Å². The predicted molar refractivity (Wildman–Crippen MR) is 238 cm³/mol. The zero-order chi connectivity index (χ0) is 37.7. The average molecular weight is 722 g/mol. The van der Waals surface area contributed by atoms with E-state index in [1.807, 2.05) is 0 Å². The molecule has 0 radical (unpaired) electrons. The largest absolute Gasteiger partial charge is 0.310 e. The molecule has 1 fully saturated rings. The van der Waals surface area contributed by atoms with Crippen LogP contribution in [0.2, 0.25) is 0 Å². The Kier molecular flexibility index (Phi) is 10.2. The molecule has 0 aromatic heterocycles. The van der Waals surface area contributed by atoms with Crippen LogP contribution < -0.4 is 4.90 Å². The summed E-state index contributed by atoms with van der Waals surface area (Å²) in [7, 11) is 0. The van der Waals surface area contributed by atoms with E-state index in [1.54, 1.807) is 0 Å². The van der Waals surface area contributed by atoms with E-state index < -0.39 is 0 Å². The summed E-state index contributed by atoms with van der Waals surface area (Å²) in [5.41, 5.74) is 17.4. The maximum absolute atomic E-state index is 2.43. The second kappa shape index (κ2) is 16.1. The Morgan fingerprint density at radius 1 is 0.339 bits per heavy atom. The molecule has 0 unspecified atom stereocenters. The molecule has 1 heteroatoms. The topological polar surface area (TPSA) is 3.24 Å². The third kappa shape index (κ3) is 7.46. The van der Waals surface area contributed by atoms with E-state index in [1.165, 1.54) is 86.9 Å². The summed E-state index contributed by atoms with van der Waals surface area (Å²) in [4.78, 5) is 2.43. The number of nitrogens with zero attached hydrogens (tertiary/aromatic N) is 1. The van der Waals surface area contributed by atoms with Crippen molar-refractivity contribution in [2.24, 2.45) is 0 Å². The van der Waals surface area contributed by atoms with Gasteiger partial charge in [0.25, 0.3) is 0 Å². The van der Waals surface area contributed by atoms with Crippen molar-refractivity contribution >= 4 is 17.1 Å². The van der Waals surface area contributed by atoms with Gasteiger partial charge in [0.2, 0.25) is 0 Å². The molecule has 8 aromatic rings. The van der Waals surface area contributed by atoms with Crippen molar-refractivity contribution < 1.29 is 0 Å². The maximum Gasteiger partial charge on any atom is 0.0491 e. The minimum atomic E-state index is 0.611. The first-order chi connectivity index (χ1) is 27.7. The minimum absolute atomic E-state index is 0.611. The lowest BCUT2D eigenvalue weighted by Crippen LogP contribution is -2.12. The lowest BCUT2D eigenvalue weighted by Gasteiger charge is -2.29. The van der Waals surface area contributed by atoms with E-state index in [0.717, 1.165) is 17.1 Å². The van der Waals surface area contributed by atoms with E-state index in [9.17, 15) is 0 Å². The molecule has 1 saturated carbocycles. The van der Waals surface area contributed by atoms with Crippen LogP contribution in [0.5, 0.6) is 0 Å². The van der Waals surface area contributed by atoms with Crippen LogP contribution in [0.4, 0.5) is 17.1 Å². The summed E-state index contributed by atoms with van der Waals surface area (Å²) in [5, 5.41) is 0. The van der Waals surface area contributed by atoms with Gasteiger partial charge < -0.3 is 4.90 Å². The molecule has 0 N–H and O–H groups in total. The Balaban J connectivity index is 1.10. The molecule has 0 bridgehead atoms. The quantitative estimate of drug-likeness (QED) is 0.143. The molecule has 1 nitrogen and oxygen atoms in total. The summed E-state index contributed by atoms with van der Waals surface area (Å²) < 4.78 is 0. The van der Waals surface area contributed by atoms with E-state index in [-0.39, 0.29) is 0 Å². The lowest BCUT2D eigenvalue weighted by molar-refractivity contribution is 0.396. The third-order valence-corrected chi connectivity index (χ3v) is 11.8. The maximum atomic E-state index is 2.43. The van der Waals surface area contributed by atoms with Gasteiger partial charge in [-0.15, -0.1) is 0 Å². The van der Waals surface area contributed by atoms with Gasteiger partial charge in [-0.25, -0.2) is 0 Å². The highest BCUT2D eigenvalue weighted by molar-refractivity contribution is 5.90. The number of rotatable bonds is 9. The van der Waals surface area contributed by atoms with E-state index in [2.05, 4.69) is 218 Å². The fraction of sp³-hybridized carbons (Fsp3) is 0.127. The highest BCUT2D eigenvalue weighted by Crippen LogP contribution is 2.44. The number of anilines is 3. The van der Waals surface area contributed by atoms with Crippen LogP contribution in [-0.2, 0) is 0 Å². The van der Waals surface area contributed by atoms with Gasteiger partial charge in [-0.2, -0.15) is 0 Å². The minimum Gasteiger partial charge on any atom is -0.310 e. The fourth-order valence-electron chi connectivity index (χ4n) is 8.78. The second-order valence-corrected chi connectivity index (χ2v) is 15.3. The first kappa shape index (κ1) is 35.3. The second-order valence-electron chi connectivity index (χ2n) is 15.3. The Labute approximate surface area is 332 Å².